The molecule has 0 aliphatic carbocycles. The summed E-state index contributed by atoms with van der Waals surface area (Å²) in [6.45, 7) is 12.6. The lowest BCUT2D eigenvalue weighted by Gasteiger charge is -2.42. The Kier molecular flexibility index (Phi) is 13.2. The van der Waals surface area contributed by atoms with E-state index >= 15 is 0 Å². The molecule has 1 aromatic carbocycles. The van der Waals surface area contributed by atoms with E-state index in [4.69, 9.17) is 6.42 Å². The second-order valence-corrected chi connectivity index (χ2v) is 9.71. The molecule has 1 unspecified atom stereocenters. The van der Waals surface area contributed by atoms with Crippen molar-refractivity contribution in [2.75, 3.05) is 13.1 Å². The Labute approximate surface area is 189 Å². The van der Waals surface area contributed by atoms with E-state index < -0.39 is 0 Å². The molecule has 158 valence electrons. The number of aryl methyl sites for hydroxylation is 2. The number of terminal acetylenes is 1. The molecule has 0 amide bonds. The highest BCUT2D eigenvalue weighted by Crippen LogP contribution is 2.29. The van der Waals surface area contributed by atoms with Gasteiger partial charge < -0.3 is 0 Å². The number of unbranched alkanes of at least 4 members (excludes halogenated alkanes) is 8. The molecule has 0 fully saturated rings. The largest absolute Gasteiger partial charge is 0.299 e. The third-order valence-corrected chi connectivity index (χ3v) is 7.69. The van der Waals surface area contributed by atoms with Gasteiger partial charge >= 0.3 is 0 Å². The molecule has 0 saturated heterocycles. The van der Waals surface area contributed by atoms with Gasteiger partial charge in [0.05, 0.1) is 13.1 Å². The molecule has 28 heavy (non-hydrogen) atoms. The molecule has 1 atom stereocenters. The fraction of sp³-hybridized carbons (Fsp3) is 0.692. The number of quaternary nitrogens is 1. The lowest BCUT2D eigenvalue weighted by Crippen LogP contribution is -2.53. The van der Waals surface area contributed by atoms with E-state index in [0.29, 0.717) is 0 Å². The van der Waals surface area contributed by atoms with Crippen molar-refractivity contribution < 1.29 is 4.48 Å². The highest BCUT2D eigenvalue weighted by molar-refractivity contribution is 14.1. The van der Waals surface area contributed by atoms with Gasteiger partial charge in [0.1, 0.15) is 6.54 Å². The number of halogens is 1. The summed E-state index contributed by atoms with van der Waals surface area (Å²) in [5.74, 6) is 3.13. The van der Waals surface area contributed by atoms with Crippen LogP contribution in [0.15, 0.2) is 18.2 Å². The first-order valence-electron chi connectivity index (χ1n) is 11.5. The van der Waals surface area contributed by atoms with Crippen LogP contribution in [0.25, 0.3) is 0 Å². The summed E-state index contributed by atoms with van der Waals surface area (Å²) in [7, 11) is 0. The van der Waals surface area contributed by atoms with Gasteiger partial charge in [0.25, 0.3) is 0 Å². The van der Waals surface area contributed by atoms with E-state index in [2.05, 4.69) is 74.4 Å². The summed E-state index contributed by atoms with van der Waals surface area (Å²) >= 11 is 2.54. The lowest BCUT2D eigenvalue weighted by atomic mass is 10.00. The SMILES string of the molecule is C#CC(I)[N+](CCCCCCC)(CCCCCCC)Cc1c(C)cccc1C. The van der Waals surface area contributed by atoms with E-state index in [1.165, 1.54) is 94.0 Å². The van der Waals surface area contributed by atoms with E-state index in [1.807, 2.05) is 0 Å². The van der Waals surface area contributed by atoms with Gasteiger partial charge in [-0.2, -0.15) is 0 Å². The highest BCUT2D eigenvalue weighted by atomic mass is 127. The van der Waals surface area contributed by atoms with Gasteiger partial charge in [-0.1, -0.05) is 70.6 Å². The van der Waals surface area contributed by atoms with Crippen molar-refractivity contribution in [1.82, 2.24) is 0 Å². The summed E-state index contributed by atoms with van der Waals surface area (Å²) in [5.41, 5.74) is 4.35. The first-order chi connectivity index (χ1) is 13.5. The minimum absolute atomic E-state index is 0.244. The van der Waals surface area contributed by atoms with E-state index in [-0.39, 0.29) is 4.05 Å². The van der Waals surface area contributed by atoms with Crippen molar-refractivity contribution in [1.29, 1.82) is 0 Å². The zero-order valence-corrected chi connectivity index (χ0v) is 21.1. The topological polar surface area (TPSA) is 0 Å². The minimum Gasteiger partial charge on any atom is -0.299 e. The van der Waals surface area contributed by atoms with Crippen LogP contribution in [0.1, 0.15) is 94.7 Å². The van der Waals surface area contributed by atoms with Gasteiger partial charge in [-0.25, -0.2) is 0 Å². The average molecular weight is 497 g/mol. The van der Waals surface area contributed by atoms with Gasteiger partial charge in [0.2, 0.25) is 4.05 Å². The molecule has 2 heteroatoms. The molecule has 0 heterocycles. The molecule has 0 N–H and O–H groups in total. The average Bonchev–Trinajstić information content (AvgIpc) is 2.69. The molecule has 0 saturated carbocycles. The molecule has 0 aliphatic heterocycles. The third kappa shape index (κ3) is 8.46. The highest BCUT2D eigenvalue weighted by Gasteiger charge is 2.34. The number of rotatable bonds is 15. The predicted octanol–water partition coefficient (Wildman–Crippen LogP) is 7.96. The zero-order valence-electron chi connectivity index (χ0n) is 18.9. The summed E-state index contributed by atoms with van der Waals surface area (Å²) < 4.78 is 1.30. The van der Waals surface area contributed by atoms with Gasteiger partial charge in [0, 0.05) is 28.2 Å². The molecular weight excluding hydrogens is 453 g/mol. The van der Waals surface area contributed by atoms with Crippen LogP contribution in [0.5, 0.6) is 0 Å². The van der Waals surface area contributed by atoms with Gasteiger partial charge in [0.15, 0.2) is 0 Å². The molecular formula is C26H43IN+. The van der Waals surface area contributed by atoms with Crippen LogP contribution in [0.4, 0.5) is 0 Å². The fourth-order valence-corrected chi connectivity index (χ4v) is 4.96. The van der Waals surface area contributed by atoms with Crippen LogP contribution < -0.4 is 0 Å². The maximum absolute atomic E-state index is 6.02. The van der Waals surface area contributed by atoms with Crippen LogP contribution in [-0.2, 0) is 6.54 Å². The summed E-state index contributed by atoms with van der Waals surface area (Å²) in [6, 6.07) is 6.70. The van der Waals surface area contributed by atoms with E-state index in [9.17, 15) is 0 Å². The zero-order chi connectivity index (χ0) is 20.8. The molecule has 0 bridgehead atoms. The van der Waals surface area contributed by atoms with Crippen LogP contribution in [0.3, 0.4) is 0 Å². The number of benzene rings is 1. The maximum Gasteiger partial charge on any atom is 0.200 e. The molecule has 0 aromatic heterocycles. The van der Waals surface area contributed by atoms with E-state index in [0.717, 1.165) is 11.0 Å². The summed E-state index contributed by atoms with van der Waals surface area (Å²) in [6.07, 6.45) is 19.3. The maximum atomic E-state index is 6.02. The van der Waals surface area contributed by atoms with Gasteiger partial charge in [-0.15, -0.1) is 6.42 Å². The van der Waals surface area contributed by atoms with Crippen molar-refractivity contribution >= 4 is 22.6 Å². The smallest absolute Gasteiger partial charge is 0.200 e. The number of nitrogens with zero attached hydrogens (tertiary/aromatic N) is 1. The first kappa shape index (κ1) is 25.5. The second kappa shape index (κ2) is 14.5. The Hall–Kier alpha value is -0.530. The Morgan fingerprint density at radius 3 is 1.75 bits per heavy atom. The molecule has 1 aromatic rings. The minimum atomic E-state index is 0.244. The van der Waals surface area contributed by atoms with Crippen molar-refractivity contribution in [3.8, 4) is 12.3 Å². The third-order valence-electron chi connectivity index (χ3n) is 6.15. The number of alkyl halides is 1. The quantitative estimate of drug-likeness (QED) is 0.0577. The molecule has 0 aliphatic rings. The van der Waals surface area contributed by atoms with Crippen molar-refractivity contribution in [2.24, 2.45) is 0 Å². The molecule has 1 nitrogen and oxygen atoms in total. The Morgan fingerprint density at radius 2 is 1.32 bits per heavy atom. The fourth-order valence-electron chi connectivity index (χ4n) is 4.21. The van der Waals surface area contributed by atoms with E-state index in [1.54, 1.807) is 0 Å². The van der Waals surface area contributed by atoms with Gasteiger partial charge in [-0.05, 0) is 56.6 Å². The van der Waals surface area contributed by atoms with Crippen molar-refractivity contribution in [3.63, 3.8) is 0 Å². The normalized spacial score (nSPS) is 12.7. The molecule has 1 rings (SSSR count). The molecule has 0 spiro atoms. The van der Waals surface area contributed by atoms with Crippen LogP contribution >= 0.6 is 22.6 Å². The number of hydrogen-bond acceptors (Lipinski definition) is 0. The standard InChI is InChI=1S/C26H43IN/c1-6-9-11-13-15-20-28(26(27)8-3,21-16-14-12-10-7-2)22-25-23(4)18-17-19-24(25)5/h3,17-19,26H,6-7,9-16,20-22H2,1-2,4-5H3/q+1. The second-order valence-electron chi connectivity index (χ2n) is 8.53. The number of hydrogen-bond donors (Lipinski definition) is 0. The molecule has 0 radical (unpaired) electrons. The van der Waals surface area contributed by atoms with Gasteiger partial charge in [-0.3, -0.25) is 4.48 Å². The van der Waals surface area contributed by atoms with Crippen LogP contribution in [0.2, 0.25) is 0 Å². The summed E-state index contributed by atoms with van der Waals surface area (Å²) in [5, 5.41) is 0. The Balaban J connectivity index is 2.99. The Morgan fingerprint density at radius 1 is 0.857 bits per heavy atom. The van der Waals surface area contributed by atoms with Crippen molar-refractivity contribution in [3.05, 3.63) is 34.9 Å². The Bertz CT molecular complexity index is 552. The first-order valence-corrected chi connectivity index (χ1v) is 12.8. The van der Waals surface area contributed by atoms with Crippen LogP contribution in [0, 0.1) is 26.2 Å². The monoisotopic (exact) mass is 496 g/mol. The van der Waals surface area contributed by atoms with Crippen molar-refractivity contribution in [2.45, 2.75) is 102 Å². The lowest BCUT2D eigenvalue weighted by molar-refractivity contribution is -0.940. The van der Waals surface area contributed by atoms with Crippen LogP contribution in [-0.4, -0.2) is 21.6 Å². The predicted molar refractivity (Wildman–Crippen MR) is 134 cm³/mol. The summed E-state index contributed by atoms with van der Waals surface area (Å²) in [4.78, 5) is 0.